The first kappa shape index (κ1) is 13.4. The Morgan fingerprint density at radius 3 is 2.85 bits per heavy atom. The molecule has 0 bridgehead atoms. The van der Waals surface area contributed by atoms with Crippen LogP contribution in [0.25, 0.3) is 0 Å². The highest BCUT2D eigenvalue weighted by molar-refractivity contribution is 5.33. The number of hydrogen-bond donors (Lipinski definition) is 1. The molecule has 2 aromatic rings. The van der Waals surface area contributed by atoms with E-state index in [0.717, 1.165) is 12.0 Å². The van der Waals surface area contributed by atoms with Crippen molar-refractivity contribution in [2.75, 3.05) is 0 Å². The van der Waals surface area contributed by atoms with Crippen LogP contribution in [0, 0.1) is 6.92 Å². The number of fused-ring (bicyclic) bond motifs is 1. The average Bonchev–Trinajstić information content (AvgIpc) is 2.47. The Bertz CT molecular complexity index is 588. The first-order valence-electron chi connectivity index (χ1n) is 7.56. The van der Waals surface area contributed by atoms with E-state index in [9.17, 15) is 5.11 Å². The van der Waals surface area contributed by atoms with Crippen molar-refractivity contribution in [2.24, 2.45) is 0 Å². The molecule has 2 aromatic carbocycles. The molecule has 0 aliphatic heterocycles. The topological polar surface area (TPSA) is 20.2 Å². The Balaban J connectivity index is 1.79. The van der Waals surface area contributed by atoms with Crippen molar-refractivity contribution >= 4 is 0 Å². The molecule has 0 heterocycles. The predicted molar refractivity (Wildman–Crippen MR) is 82.9 cm³/mol. The van der Waals surface area contributed by atoms with Crippen LogP contribution in [0.5, 0.6) is 0 Å². The van der Waals surface area contributed by atoms with Crippen molar-refractivity contribution in [1.29, 1.82) is 0 Å². The third kappa shape index (κ3) is 2.78. The number of aliphatic hydroxyl groups is 1. The first-order valence-corrected chi connectivity index (χ1v) is 7.56. The average molecular weight is 266 g/mol. The Kier molecular flexibility index (Phi) is 3.88. The van der Waals surface area contributed by atoms with E-state index in [2.05, 4.69) is 43.3 Å². The predicted octanol–water partition coefficient (Wildman–Crippen LogP) is 4.54. The summed E-state index contributed by atoms with van der Waals surface area (Å²) in [6, 6.07) is 17.0. The molecular weight excluding hydrogens is 244 g/mol. The molecule has 0 radical (unpaired) electrons. The Morgan fingerprint density at radius 1 is 1.15 bits per heavy atom. The zero-order chi connectivity index (χ0) is 13.9. The quantitative estimate of drug-likeness (QED) is 0.864. The highest BCUT2D eigenvalue weighted by Crippen LogP contribution is 2.37. The molecule has 0 saturated carbocycles. The van der Waals surface area contributed by atoms with Crippen molar-refractivity contribution in [1.82, 2.24) is 0 Å². The lowest BCUT2D eigenvalue weighted by Gasteiger charge is -2.27. The van der Waals surface area contributed by atoms with Crippen LogP contribution < -0.4 is 0 Å². The van der Waals surface area contributed by atoms with Gasteiger partial charge in [0.2, 0.25) is 0 Å². The molecule has 1 N–H and O–H groups in total. The molecule has 1 nitrogen and oxygen atoms in total. The first-order chi connectivity index (χ1) is 9.74. The van der Waals surface area contributed by atoms with Gasteiger partial charge in [-0.2, -0.15) is 0 Å². The molecule has 1 aliphatic rings. The number of rotatable bonds is 3. The van der Waals surface area contributed by atoms with E-state index in [4.69, 9.17) is 0 Å². The van der Waals surface area contributed by atoms with E-state index in [1.807, 2.05) is 12.1 Å². The summed E-state index contributed by atoms with van der Waals surface area (Å²) in [5.74, 6) is 0.496. The Morgan fingerprint density at radius 2 is 2.00 bits per heavy atom. The molecule has 104 valence electrons. The van der Waals surface area contributed by atoms with Crippen molar-refractivity contribution in [3.05, 3.63) is 70.8 Å². The smallest absolute Gasteiger partial charge is 0.0796 e. The zero-order valence-electron chi connectivity index (χ0n) is 12.0. The van der Waals surface area contributed by atoms with Crippen LogP contribution in [0.3, 0.4) is 0 Å². The molecule has 2 atom stereocenters. The van der Waals surface area contributed by atoms with Gasteiger partial charge in [0.1, 0.15) is 0 Å². The SMILES string of the molecule is Cc1cccc(C(O)CC2CCCc3ccccc32)c1. The van der Waals surface area contributed by atoms with Gasteiger partial charge in [0.15, 0.2) is 0 Å². The summed E-state index contributed by atoms with van der Waals surface area (Å²) in [6.45, 7) is 2.08. The summed E-state index contributed by atoms with van der Waals surface area (Å²) in [4.78, 5) is 0. The van der Waals surface area contributed by atoms with E-state index in [0.29, 0.717) is 5.92 Å². The zero-order valence-corrected chi connectivity index (χ0v) is 12.0. The number of aliphatic hydroxyl groups excluding tert-OH is 1. The minimum absolute atomic E-state index is 0.356. The molecule has 3 rings (SSSR count). The van der Waals surface area contributed by atoms with Crippen LogP contribution >= 0.6 is 0 Å². The van der Waals surface area contributed by atoms with Gasteiger partial charge >= 0.3 is 0 Å². The van der Waals surface area contributed by atoms with Gasteiger partial charge in [0.25, 0.3) is 0 Å². The normalized spacial score (nSPS) is 19.4. The van der Waals surface area contributed by atoms with E-state index in [1.165, 1.54) is 36.0 Å². The molecule has 0 saturated heterocycles. The highest BCUT2D eigenvalue weighted by Gasteiger charge is 2.23. The van der Waals surface area contributed by atoms with Gasteiger partial charge in [0, 0.05) is 0 Å². The van der Waals surface area contributed by atoms with Crippen LogP contribution in [0.1, 0.15) is 53.5 Å². The van der Waals surface area contributed by atoms with Gasteiger partial charge < -0.3 is 5.11 Å². The minimum Gasteiger partial charge on any atom is -0.388 e. The van der Waals surface area contributed by atoms with Crippen molar-refractivity contribution in [3.8, 4) is 0 Å². The van der Waals surface area contributed by atoms with Gasteiger partial charge in [0.05, 0.1) is 6.10 Å². The van der Waals surface area contributed by atoms with Gasteiger partial charge in [-0.15, -0.1) is 0 Å². The standard InChI is InChI=1S/C19H22O/c1-14-6-4-10-17(12-14)19(20)13-16-9-5-8-15-7-2-3-11-18(15)16/h2-4,6-7,10-12,16,19-20H,5,8-9,13H2,1H3. The van der Waals surface area contributed by atoms with Gasteiger partial charge in [-0.05, 0) is 55.2 Å². The van der Waals surface area contributed by atoms with Gasteiger partial charge in [-0.1, -0.05) is 54.1 Å². The lowest BCUT2D eigenvalue weighted by Crippen LogP contribution is -2.13. The monoisotopic (exact) mass is 266 g/mol. The fraction of sp³-hybridized carbons (Fsp3) is 0.368. The minimum atomic E-state index is -0.356. The molecule has 1 heteroatoms. The van der Waals surface area contributed by atoms with E-state index in [1.54, 1.807) is 0 Å². The Labute approximate surface area is 121 Å². The van der Waals surface area contributed by atoms with Crippen molar-refractivity contribution < 1.29 is 5.11 Å². The third-order valence-corrected chi connectivity index (χ3v) is 4.43. The fourth-order valence-corrected chi connectivity index (χ4v) is 3.38. The second-order valence-corrected chi connectivity index (χ2v) is 5.95. The van der Waals surface area contributed by atoms with Gasteiger partial charge in [-0.3, -0.25) is 0 Å². The maximum Gasteiger partial charge on any atom is 0.0796 e. The highest BCUT2D eigenvalue weighted by atomic mass is 16.3. The number of benzene rings is 2. The lowest BCUT2D eigenvalue weighted by atomic mass is 9.79. The molecule has 20 heavy (non-hydrogen) atoms. The van der Waals surface area contributed by atoms with Gasteiger partial charge in [-0.25, -0.2) is 0 Å². The van der Waals surface area contributed by atoms with E-state index >= 15 is 0 Å². The van der Waals surface area contributed by atoms with Crippen LogP contribution in [-0.2, 0) is 6.42 Å². The summed E-state index contributed by atoms with van der Waals surface area (Å²) in [7, 11) is 0. The lowest BCUT2D eigenvalue weighted by molar-refractivity contribution is 0.154. The summed E-state index contributed by atoms with van der Waals surface area (Å²) >= 11 is 0. The Hall–Kier alpha value is -1.60. The number of hydrogen-bond acceptors (Lipinski definition) is 1. The third-order valence-electron chi connectivity index (χ3n) is 4.43. The molecule has 0 fully saturated rings. The number of aryl methyl sites for hydroxylation is 2. The van der Waals surface area contributed by atoms with Crippen LogP contribution in [0.4, 0.5) is 0 Å². The fourth-order valence-electron chi connectivity index (χ4n) is 3.38. The van der Waals surface area contributed by atoms with Crippen LogP contribution in [0.15, 0.2) is 48.5 Å². The van der Waals surface area contributed by atoms with Crippen molar-refractivity contribution in [3.63, 3.8) is 0 Å². The maximum absolute atomic E-state index is 10.5. The second-order valence-electron chi connectivity index (χ2n) is 5.95. The molecule has 0 spiro atoms. The van der Waals surface area contributed by atoms with Crippen LogP contribution in [0.2, 0.25) is 0 Å². The summed E-state index contributed by atoms with van der Waals surface area (Å²) < 4.78 is 0. The summed E-state index contributed by atoms with van der Waals surface area (Å²) in [5.41, 5.74) is 5.18. The summed E-state index contributed by atoms with van der Waals surface area (Å²) in [5, 5.41) is 10.5. The largest absolute Gasteiger partial charge is 0.388 e. The van der Waals surface area contributed by atoms with E-state index < -0.39 is 0 Å². The molecule has 0 aromatic heterocycles. The van der Waals surface area contributed by atoms with E-state index in [-0.39, 0.29) is 6.10 Å². The molecule has 0 amide bonds. The van der Waals surface area contributed by atoms with Crippen LogP contribution in [-0.4, -0.2) is 5.11 Å². The second kappa shape index (κ2) is 5.80. The molecular formula is C19H22O. The summed E-state index contributed by atoms with van der Waals surface area (Å²) in [6.07, 6.45) is 4.10. The molecule has 2 unspecified atom stereocenters. The van der Waals surface area contributed by atoms with Crippen molar-refractivity contribution in [2.45, 2.75) is 44.6 Å². The molecule has 1 aliphatic carbocycles. The maximum atomic E-state index is 10.5.